The van der Waals surface area contributed by atoms with Crippen molar-refractivity contribution in [2.75, 3.05) is 38.0 Å². The summed E-state index contributed by atoms with van der Waals surface area (Å²) in [5.74, 6) is 2.69. The minimum atomic E-state index is -1.07. The van der Waals surface area contributed by atoms with Crippen LogP contribution in [-0.2, 0) is 11.3 Å². The lowest BCUT2D eigenvalue weighted by molar-refractivity contribution is -0.107. The summed E-state index contributed by atoms with van der Waals surface area (Å²) in [6.45, 7) is 33.6. The van der Waals surface area contributed by atoms with Gasteiger partial charge in [0.2, 0.25) is 23.1 Å². The van der Waals surface area contributed by atoms with Gasteiger partial charge < -0.3 is 60.0 Å². The SMILES string of the molecule is CC(C)(O)C(C)(C)O.CC(C)(O)C(C)(C)O.O.[2HH].[2H][2H].[2H][2H].[2H][2H].[2H][2H].[2H][2H].[2H][2H].[2H][2H].[2H][2H].[2H][2H].[2H][2H].[2H][2H].[2H][2H].[2H][2H].[2H][2H].[2H][2H].[2H][2H].[2H][2H].[2H][2H].[2H][2H].[2H][2H].[2H][2H].[2H][2H].[2H][2H].[2H][2H].[2H][2H].[2H][2H].[2H][2H].[2H][2H].[2H][2H].[2H][2H].[2H][2H].[2H][2H].[2H][2H].[2H][2H].[2H][2H].[2H][2H].[2H][2H].[2H][2H].[2H][2H].[2H][2H].[2H][2H].[2H][2H].[2H][2H].[2H][2H].[2H][2H].[2H][2H].[2H][2H].[B][B].[B]c1ccc(Oc2ccc([N+]#[C-])c(N(C)C)n2)cc1CO.[C-]#[N+]c1ccc(Oc2ccc([B]OC(C)(C)C(C)(C)O)c(C=O)c2)nc1N(C)C. The number of ether oxygens (including phenoxy) is 2. The van der Waals surface area contributed by atoms with Crippen molar-refractivity contribution in [2.24, 2.45) is 0 Å². The van der Waals surface area contributed by atoms with Gasteiger partial charge in [0.05, 0.1) is 53.4 Å². The highest BCUT2D eigenvalue weighted by Crippen LogP contribution is 2.32. The third kappa shape index (κ3) is 21.4. The van der Waals surface area contributed by atoms with E-state index in [1.165, 1.54) is 7.48 Å². The molecule has 2 aromatic carbocycles. The second-order valence-electron chi connectivity index (χ2n) is 18.7. The molecule has 0 aliphatic rings. The molecular weight excluding hydrogens is 880 g/mol. The number of pyridine rings is 2. The summed E-state index contributed by atoms with van der Waals surface area (Å²) in [5, 5.41) is 55.8. The Kier molecular flexibility index (Phi) is 8.45. The topological polar surface area (TPSA) is 239 Å². The molecule has 0 unspecified atom stereocenters. The number of carbonyl (C=O) groups is 1. The van der Waals surface area contributed by atoms with Crippen molar-refractivity contribution in [1.82, 2.24) is 9.97 Å². The Hall–Kier alpha value is -5.47. The molecule has 465 valence electrons. The van der Waals surface area contributed by atoms with E-state index < -0.39 is 33.6 Å². The van der Waals surface area contributed by atoms with Gasteiger partial charge in [-0.15, -0.1) is 0 Å². The monoisotopic (exact) mass is 1140 g/mol. The quantitative estimate of drug-likeness (QED) is 0.0391. The molecule has 0 aliphatic carbocycles. The van der Waals surface area contributed by atoms with Crippen molar-refractivity contribution >= 4 is 71.0 Å². The van der Waals surface area contributed by atoms with E-state index in [4.69, 9.17) is 195 Å². The third-order valence-corrected chi connectivity index (χ3v) is 10.6. The lowest BCUT2D eigenvalue weighted by Gasteiger charge is -2.37. The Morgan fingerprint density at radius 2 is 1.04 bits per heavy atom. The van der Waals surface area contributed by atoms with Crippen LogP contribution >= 0.6 is 0 Å². The van der Waals surface area contributed by atoms with Gasteiger partial charge >= 0.3 is 7.48 Å². The number of aliphatic hydroxyl groups is 6. The summed E-state index contributed by atoms with van der Waals surface area (Å²) in [4.78, 5) is 30.6. The molecule has 0 aliphatic heterocycles. The molecule has 17 nitrogen and oxygen atoms in total. The van der Waals surface area contributed by atoms with Crippen LogP contribution in [0.2, 0.25) is 0 Å². The molecule has 0 saturated carbocycles. The summed E-state index contributed by atoms with van der Waals surface area (Å²) >= 11 is 0. The van der Waals surface area contributed by atoms with E-state index in [0.717, 1.165) is 0 Å². The second-order valence-corrected chi connectivity index (χ2v) is 18.7. The molecule has 2 aromatic heterocycles. The molecule has 4 rings (SSSR count). The predicted molar refractivity (Wildman–Crippen MR) is 378 cm³/mol. The smallest absolute Gasteiger partial charge is 0.331 e. The standard InChI is InChI=1S/C21H25BN3O4.C15H14BN3O2.2C6H14O2.B2.H2O.48H2/c1-20(2,27)21(3,4)29-22-16-9-8-15(12-14(16)13-26)28-18-11-10-17(23-5)19(24-18)25(6)7;1-17-13-6-7-14(18-15(13)19(2)3)21-11-4-5-12(16)10(8-11)9-20;2*1-5(2,7)6(3,4)8;1-2;;;;;;;;;;;;;;;;;;;;;;;;;;;;;;;;;;;;;;;;;;;;;;;;;/h8-13,27H,1-4,6-7H3;4-8,20H,9H2,2-3H3;2*7-8H,1-4H3;;1H2;48*1H/i;;;;;;47*1+1D;1+1. The van der Waals surface area contributed by atoms with Gasteiger partial charge in [-0.1, -0.05) is 17.6 Å². The first kappa shape index (κ1) is 21.1. The van der Waals surface area contributed by atoms with Gasteiger partial charge in [-0.05, 0) is 143 Å². The molecule has 0 bridgehead atoms. The Bertz CT molecular complexity index is 2420. The van der Waals surface area contributed by atoms with Crippen LogP contribution in [0.1, 0.15) is 240 Å². The van der Waals surface area contributed by atoms with E-state index in [0.29, 0.717) is 74.6 Å². The van der Waals surface area contributed by atoms with Gasteiger partial charge in [-0.3, -0.25) is 4.79 Å². The first-order valence-electron chi connectivity index (χ1n) is 68.1. The molecular formula is C48H165B4N6O11. The van der Waals surface area contributed by atoms with Crippen molar-refractivity contribution in [2.45, 2.75) is 123 Å². The van der Waals surface area contributed by atoms with Crippen LogP contribution < -0.4 is 30.2 Å². The molecule has 0 fully saturated rings. The molecule has 7 radical (unpaired) electrons. The number of nitrogens with zero attached hydrogens (tertiary/aromatic N) is 6. The zero-order valence-corrected chi connectivity index (χ0v) is 42.9. The number of benzene rings is 2. The minimum Gasteiger partial charge on any atom is -0.439 e. The van der Waals surface area contributed by atoms with E-state index >= 15 is 0 Å². The van der Waals surface area contributed by atoms with Gasteiger partial charge in [0.1, 0.15) is 37.3 Å². The van der Waals surface area contributed by atoms with Crippen molar-refractivity contribution < 1.29 is 196 Å². The first-order chi connectivity index (χ1) is 78.0. The summed E-state index contributed by atoms with van der Waals surface area (Å²) in [6, 6.07) is 16.5. The van der Waals surface area contributed by atoms with E-state index in [9.17, 15) is 15.0 Å². The number of aliphatic hydroxyl groups excluding tert-OH is 1. The lowest BCUT2D eigenvalue weighted by atomic mass is 9.80. The molecule has 4 aromatic rings. The molecule has 0 saturated heterocycles. The maximum Gasteiger partial charge on any atom is 0.331 e. The van der Waals surface area contributed by atoms with Crippen LogP contribution in [0, 0.1) is 13.1 Å². The van der Waals surface area contributed by atoms with Gasteiger partial charge in [-0.25, -0.2) is 19.7 Å². The highest BCUT2D eigenvalue weighted by molar-refractivity contribution is 6.75. The molecule has 0 atom stereocenters. The number of aldehydes is 1. The Morgan fingerprint density at radius 1 is 0.667 bits per heavy atom. The second kappa shape index (κ2) is 27.6. The van der Waals surface area contributed by atoms with Gasteiger partial charge in [0.15, 0.2) is 0 Å². The van der Waals surface area contributed by atoms with Gasteiger partial charge in [0.25, 0.3) is 0 Å². The summed E-state index contributed by atoms with van der Waals surface area (Å²) in [6.07, 6.45) is 0.708. The molecule has 0 amide bonds. The number of carbonyl (C=O) groups excluding carboxylic acids is 1. The predicted octanol–water partition coefficient (Wildman–Crippen LogP) is 16.2. The molecule has 2 heterocycles. The summed E-state index contributed by atoms with van der Waals surface area (Å²) < 4.78 is 487. The number of anilines is 2. The van der Waals surface area contributed by atoms with Crippen LogP contribution in [0.5, 0.6) is 23.3 Å². The summed E-state index contributed by atoms with van der Waals surface area (Å²) in [5.41, 5.74) is -3.02. The first-order valence-corrected chi connectivity index (χ1v) is 21.1. The van der Waals surface area contributed by atoms with Crippen molar-refractivity contribution in [1.29, 1.82) is 0 Å². The largest absolute Gasteiger partial charge is 0.439 e. The Morgan fingerprint density at radius 3 is 1.36 bits per heavy atom. The fourth-order valence-electron chi connectivity index (χ4n) is 4.00. The van der Waals surface area contributed by atoms with Crippen LogP contribution in [0.25, 0.3) is 9.69 Å². The zero-order chi connectivity index (χ0) is 147. The molecule has 8 N–H and O–H groups in total. The molecule has 69 heavy (non-hydrogen) atoms. The van der Waals surface area contributed by atoms with Crippen LogP contribution in [-0.4, -0.2) is 145 Å². The number of rotatable bonds is 14. The fourth-order valence-corrected chi connectivity index (χ4v) is 4.00. The number of aromatic nitrogens is 2. The summed E-state index contributed by atoms with van der Waals surface area (Å²) in [7, 11) is 22.4. The van der Waals surface area contributed by atoms with E-state index in [1.807, 2.05) is 14.1 Å². The minimum absolute atomic E-state index is 0. The van der Waals surface area contributed by atoms with Crippen molar-refractivity contribution in [3.63, 3.8) is 0 Å². The molecule has 21 heteroatoms. The Labute approximate surface area is 560 Å². The normalized spacial score (nSPS) is 16.7. The maximum absolute atomic E-state index is 11.5. The fraction of sp³-hybridized carbons (Fsp3) is 0.479. The van der Waals surface area contributed by atoms with E-state index in [2.05, 4.69) is 35.1 Å². The van der Waals surface area contributed by atoms with Crippen LogP contribution in [0.15, 0.2) is 60.7 Å². The highest BCUT2D eigenvalue weighted by Gasteiger charge is 2.36. The van der Waals surface area contributed by atoms with Gasteiger partial charge in [0, 0.05) is 190 Å². The zero-order valence-electron chi connectivity index (χ0n) is 137. The van der Waals surface area contributed by atoms with Gasteiger partial charge in [-0.2, -0.15) is 0 Å². The van der Waals surface area contributed by atoms with Crippen LogP contribution in [0.4, 0.5) is 23.0 Å². The molecule has 0 spiro atoms. The van der Waals surface area contributed by atoms with E-state index in [1.54, 1.807) is 168 Å². The average molecular weight is 1140 g/mol. The Balaban J connectivity index is -0.0000000181. The number of hydrogen-bond acceptors (Lipinski definition) is 14. The average Bonchev–Trinajstić information content (AvgIpc) is 0.821. The highest BCUT2D eigenvalue weighted by atomic mass is 16.5. The third-order valence-electron chi connectivity index (χ3n) is 10.6. The maximum atomic E-state index is 11.5. The van der Waals surface area contributed by atoms with E-state index in [-0.39, 0.29) is 13.5 Å². The number of hydrogen-bond donors (Lipinski definition) is 6. The van der Waals surface area contributed by atoms with Crippen molar-refractivity contribution in [3.05, 3.63) is 94.6 Å². The van der Waals surface area contributed by atoms with Crippen LogP contribution in [0.3, 0.4) is 0 Å². The van der Waals surface area contributed by atoms with Crippen molar-refractivity contribution in [3.8, 4) is 23.3 Å². The lowest BCUT2D eigenvalue weighted by Crippen LogP contribution is -2.49.